The first kappa shape index (κ1) is 28.1. The van der Waals surface area contributed by atoms with E-state index < -0.39 is 0 Å². The Hall–Kier alpha value is -1.43. The van der Waals surface area contributed by atoms with Crippen LogP contribution in [-0.2, 0) is 23.8 Å². The molecule has 0 aromatic carbocycles. The van der Waals surface area contributed by atoms with Gasteiger partial charge in [0.1, 0.15) is 0 Å². The van der Waals surface area contributed by atoms with Crippen molar-refractivity contribution in [3.05, 3.63) is 34.9 Å². The highest BCUT2D eigenvalue weighted by atomic mass is 35.5. The van der Waals surface area contributed by atoms with Gasteiger partial charge in [0.15, 0.2) is 12.1 Å². The average Bonchev–Trinajstić information content (AvgIpc) is 3.38. The molecule has 5 nitrogen and oxygen atoms in total. The van der Waals surface area contributed by atoms with E-state index in [0.29, 0.717) is 36.3 Å². The number of halogens is 1. The minimum absolute atomic E-state index is 0.00573. The standard InChI is InChI=1S/C29H43ClO5/c1-4-6-11-20(3)29(32)25(30)19-24-23-17-21(12-7-8-13-27(31)33-5-2)16-22(23)18-26(24)35-28-14-9-10-15-34-28/h7,12,16,19-20,22-24,26,28H,4-6,8-11,13-15,17-18H2,1-3H3. The SMILES string of the molecule is CCCCC(C)C(=O)C(Cl)=CC1C(OC2CCCCO2)CC2C=C(C=CCCC(=O)OCC)CC21. The number of hydrogen-bond acceptors (Lipinski definition) is 5. The molecule has 196 valence electrons. The van der Waals surface area contributed by atoms with Crippen molar-refractivity contribution in [1.29, 1.82) is 0 Å². The maximum absolute atomic E-state index is 12.9. The van der Waals surface area contributed by atoms with Gasteiger partial charge in [-0.15, -0.1) is 0 Å². The van der Waals surface area contributed by atoms with Gasteiger partial charge in [-0.1, -0.05) is 68.2 Å². The van der Waals surface area contributed by atoms with E-state index >= 15 is 0 Å². The number of rotatable bonds is 13. The van der Waals surface area contributed by atoms with Crippen molar-refractivity contribution in [2.45, 2.75) is 97.4 Å². The van der Waals surface area contributed by atoms with Gasteiger partial charge in [-0.05, 0) is 63.7 Å². The lowest BCUT2D eigenvalue weighted by Gasteiger charge is -2.29. The number of Topliss-reactive ketones (excluding diaryl/α,β-unsaturated/α-hetero) is 1. The number of esters is 1. The molecule has 2 aliphatic carbocycles. The number of allylic oxidation sites excluding steroid dienone is 5. The highest BCUT2D eigenvalue weighted by Gasteiger charge is 2.46. The third-order valence-electron chi connectivity index (χ3n) is 7.51. The quantitative estimate of drug-likeness (QED) is 0.201. The van der Waals surface area contributed by atoms with E-state index in [1.54, 1.807) is 0 Å². The van der Waals surface area contributed by atoms with Gasteiger partial charge in [-0.2, -0.15) is 0 Å². The van der Waals surface area contributed by atoms with Crippen LogP contribution in [0.2, 0.25) is 0 Å². The predicted octanol–water partition coefficient (Wildman–Crippen LogP) is 6.90. The number of ether oxygens (including phenoxy) is 3. The zero-order chi connectivity index (χ0) is 25.2. The number of carbonyl (C=O) groups excluding carboxylic acids is 2. The fourth-order valence-corrected chi connectivity index (χ4v) is 5.90. The summed E-state index contributed by atoms with van der Waals surface area (Å²) in [4.78, 5) is 24.5. The maximum atomic E-state index is 12.9. The van der Waals surface area contributed by atoms with Crippen LogP contribution in [0, 0.1) is 23.7 Å². The number of fused-ring (bicyclic) bond motifs is 1. The van der Waals surface area contributed by atoms with E-state index in [1.807, 2.05) is 19.9 Å². The van der Waals surface area contributed by atoms with Gasteiger partial charge in [0.25, 0.3) is 0 Å². The lowest BCUT2D eigenvalue weighted by molar-refractivity contribution is -0.192. The van der Waals surface area contributed by atoms with Crippen LogP contribution < -0.4 is 0 Å². The summed E-state index contributed by atoms with van der Waals surface area (Å²) in [5.74, 6) is 0.671. The summed E-state index contributed by atoms with van der Waals surface area (Å²) < 4.78 is 17.3. The summed E-state index contributed by atoms with van der Waals surface area (Å²) >= 11 is 6.63. The van der Waals surface area contributed by atoms with Gasteiger partial charge in [0.2, 0.25) is 0 Å². The molecular formula is C29H43ClO5. The van der Waals surface area contributed by atoms with Gasteiger partial charge in [-0.3, -0.25) is 9.59 Å². The molecule has 0 spiro atoms. The molecule has 6 atom stereocenters. The van der Waals surface area contributed by atoms with Crippen LogP contribution in [0.5, 0.6) is 0 Å². The Morgan fingerprint density at radius 1 is 1.29 bits per heavy atom. The monoisotopic (exact) mass is 506 g/mol. The number of ketones is 1. The van der Waals surface area contributed by atoms with E-state index in [-0.39, 0.29) is 36.0 Å². The fraction of sp³-hybridized carbons (Fsp3) is 0.724. The summed E-state index contributed by atoms with van der Waals surface area (Å²) in [7, 11) is 0. The summed E-state index contributed by atoms with van der Waals surface area (Å²) in [5, 5.41) is 0.357. The molecule has 0 aromatic heterocycles. The third-order valence-corrected chi connectivity index (χ3v) is 7.82. The van der Waals surface area contributed by atoms with Crippen molar-refractivity contribution in [3.8, 4) is 0 Å². The second-order valence-electron chi connectivity index (χ2n) is 10.2. The molecule has 6 unspecified atom stereocenters. The van der Waals surface area contributed by atoms with Gasteiger partial charge in [0, 0.05) is 24.9 Å². The lowest BCUT2D eigenvalue weighted by Crippen LogP contribution is -2.31. The number of carbonyl (C=O) groups is 2. The maximum Gasteiger partial charge on any atom is 0.306 e. The molecule has 0 amide bonds. The highest BCUT2D eigenvalue weighted by Crippen LogP contribution is 2.49. The Labute approximate surface area is 216 Å². The lowest BCUT2D eigenvalue weighted by atomic mass is 9.88. The van der Waals surface area contributed by atoms with Crippen molar-refractivity contribution < 1.29 is 23.8 Å². The van der Waals surface area contributed by atoms with Crippen molar-refractivity contribution in [1.82, 2.24) is 0 Å². The molecule has 0 radical (unpaired) electrons. The van der Waals surface area contributed by atoms with Gasteiger partial charge in [0.05, 0.1) is 17.7 Å². The van der Waals surface area contributed by atoms with E-state index in [0.717, 1.165) is 58.0 Å². The molecule has 35 heavy (non-hydrogen) atoms. The first-order chi connectivity index (χ1) is 16.9. The van der Waals surface area contributed by atoms with E-state index in [2.05, 4.69) is 25.2 Å². The minimum Gasteiger partial charge on any atom is -0.466 e. The first-order valence-corrected chi connectivity index (χ1v) is 14.0. The van der Waals surface area contributed by atoms with Gasteiger partial charge >= 0.3 is 5.97 Å². The third kappa shape index (κ3) is 8.30. The second kappa shape index (κ2) is 14.3. The summed E-state index contributed by atoms with van der Waals surface area (Å²) in [6.07, 6.45) is 17.4. The zero-order valence-corrected chi connectivity index (χ0v) is 22.4. The van der Waals surface area contributed by atoms with E-state index in [1.165, 1.54) is 5.57 Å². The molecule has 6 heteroatoms. The molecule has 3 aliphatic rings. The smallest absolute Gasteiger partial charge is 0.306 e. The molecule has 3 rings (SSSR count). The van der Waals surface area contributed by atoms with Gasteiger partial charge < -0.3 is 14.2 Å². The molecule has 1 saturated heterocycles. The van der Waals surface area contributed by atoms with Crippen molar-refractivity contribution in [2.75, 3.05) is 13.2 Å². The van der Waals surface area contributed by atoms with E-state index in [9.17, 15) is 9.59 Å². The van der Waals surface area contributed by atoms with E-state index in [4.69, 9.17) is 25.8 Å². The van der Waals surface area contributed by atoms with Crippen LogP contribution >= 0.6 is 11.6 Å². The largest absolute Gasteiger partial charge is 0.466 e. The van der Waals surface area contributed by atoms with Gasteiger partial charge in [-0.25, -0.2) is 0 Å². The first-order valence-electron chi connectivity index (χ1n) is 13.6. The normalized spacial score (nSPS) is 29.8. The Kier molecular flexibility index (Phi) is 11.5. The zero-order valence-electron chi connectivity index (χ0n) is 21.7. The molecule has 0 aromatic rings. The second-order valence-corrected chi connectivity index (χ2v) is 10.6. The molecule has 0 bridgehead atoms. The molecular weight excluding hydrogens is 464 g/mol. The van der Waals surface area contributed by atoms with Crippen molar-refractivity contribution in [2.24, 2.45) is 23.7 Å². The highest BCUT2D eigenvalue weighted by molar-refractivity contribution is 6.42. The van der Waals surface area contributed by atoms with Crippen LogP contribution in [0.25, 0.3) is 0 Å². The number of unbranched alkanes of at least 4 members (excludes halogenated alkanes) is 1. The fourth-order valence-electron chi connectivity index (χ4n) is 5.57. The van der Waals surface area contributed by atoms with Crippen molar-refractivity contribution in [3.63, 3.8) is 0 Å². The molecule has 1 heterocycles. The summed E-state index contributed by atoms with van der Waals surface area (Å²) in [5.41, 5.74) is 1.29. The Balaban J connectivity index is 1.67. The van der Waals surface area contributed by atoms with Crippen LogP contribution in [0.15, 0.2) is 34.9 Å². The number of hydrogen-bond donors (Lipinski definition) is 0. The predicted molar refractivity (Wildman–Crippen MR) is 139 cm³/mol. The Morgan fingerprint density at radius 2 is 2.11 bits per heavy atom. The summed E-state index contributed by atoms with van der Waals surface area (Å²) in [6, 6.07) is 0. The Bertz CT molecular complexity index is 795. The average molecular weight is 507 g/mol. The molecule has 2 fully saturated rings. The molecule has 1 saturated carbocycles. The van der Waals surface area contributed by atoms with Crippen LogP contribution in [0.4, 0.5) is 0 Å². The minimum atomic E-state index is -0.160. The molecule has 0 N–H and O–H groups in total. The van der Waals surface area contributed by atoms with Crippen LogP contribution in [-0.4, -0.2) is 37.4 Å². The topological polar surface area (TPSA) is 61.8 Å². The Morgan fingerprint density at radius 3 is 2.83 bits per heavy atom. The molecule has 1 aliphatic heterocycles. The van der Waals surface area contributed by atoms with Crippen LogP contribution in [0.1, 0.15) is 85.0 Å². The van der Waals surface area contributed by atoms with Crippen molar-refractivity contribution >= 4 is 23.4 Å². The summed E-state index contributed by atoms with van der Waals surface area (Å²) in [6.45, 7) is 7.11. The van der Waals surface area contributed by atoms with Crippen LogP contribution in [0.3, 0.4) is 0 Å².